The van der Waals surface area contributed by atoms with E-state index in [1.807, 2.05) is 17.6 Å². The zero-order chi connectivity index (χ0) is 11.5. The van der Waals surface area contributed by atoms with Crippen molar-refractivity contribution < 1.29 is 4.74 Å². The fraction of sp³-hybridized carbons (Fsp3) is 0.400. The van der Waals surface area contributed by atoms with Crippen molar-refractivity contribution in [2.24, 2.45) is 0 Å². The summed E-state index contributed by atoms with van der Waals surface area (Å²) in [6, 6.07) is 1.97. The van der Waals surface area contributed by atoms with E-state index in [9.17, 15) is 0 Å². The SMILES string of the molecule is CCOCCn1c(=S)[nH]c2cc(Br)cnc21. The van der Waals surface area contributed by atoms with Crippen LogP contribution in [0.1, 0.15) is 6.92 Å². The van der Waals surface area contributed by atoms with Crippen LogP contribution < -0.4 is 0 Å². The molecule has 16 heavy (non-hydrogen) atoms. The van der Waals surface area contributed by atoms with Gasteiger partial charge in [0.15, 0.2) is 10.4 Å². The number of rotatable bonds is 4. The molecule has 0 atom stereocenters. The van der Waals surface area contributed by atoms with Gasteiger partial charge in [-0.1, -0.05) is 0 Å². The molecule has 0 aromatic carbocycles. The molecule has 4 nitrogen and oxygen atoms in total. The number of fused-ring (bicyclic) bond motifs is 1. The molecule has 0 unspecified atom stereocenters. The van der Waals surface area contributed by atoms with Crippen molar-refractivity contribution in [3.63, 3.8) is 0 Å². The van der Waals surface area contributed by atoms with E-state index in [0.29, 0.717) is 18.0 Å². The molecule has 2 rings (SSSR count). The number of H-pyrrole nitrogens is 1. The molecule has 0 saturated heterocycles. The predicted octanol–water partition coefficient (Wildman–Crippen LogP) is 2.89. The molecule has 0 aliphatic heterocycles. The van der Waals surface area contributed by atoms with Gasteiger partial charge in [0, 0.05) is 17.3 Å². The van der Waals surface area contributed by atoms with E-state index in [1.165, 1.54) is 0 Å². The predicted molar refractivity (Wildman–Crippen MR) is 69.1 cm³/mol. The third-order valence-electron chi connectivity index (χ3n) is 2.24. The van der Waals surface area contributed by atoms with Gasteiger partial charge in [-0.3, -0.25) is 4.57 Å². The summed E-state index contributed by atoms with van der Waals surface area (Å²) in [5.41, 5.74) is 1.81. The Hall–Kier alpha value is -0.720. The topological polar surface area (TPSA) is 42.8 Å². The van der Waals surface area contributed by atoms with E-state index in [-0.39, 0.29) is 0 Å². The van der Waals surface area contributed by atoms with E-state index in [2.05, 4.69) is 25.9 Å². The Morgan fingerprint density at radius 1 is 1.62 bits per heavy atom. The Balaban J connectivity index is 2.36. The average molecular weight is 302 g/mol. The second-order valence-electron chi connectivity index (χ2n) is 3.30. The van der Waals surface area contributed by atoms with Crippen LogP contribution in [0.3, 0.4) is 0 Å². The summed E-state index contributed by atoms with van der Waals surface area (Å²) in [4.78, 5) is 7.47. The largest absolute Gasteiger partial charge is 0.380 e. The highest BCUT2D eigenvalue weighted by atomic mass is 79.9. The Morgan fingerprint density at radius 3 is 3.19 bits per heavy atom. The lowest BCUT2D eigenvalue weighted by Crippen LogP contribution is -2.06. The number of halogens is 1. The van der Waals surface area contributed by atoms with E-state index in [0.717, 1.165) is 22.2 Å². The second kappa shape index (κ2) is 5.07. The fourth-order valence-electron chi connectivity index (χ4n) is 1.53. The quantitative estimate of drug-likeness (QED) is 0.697. The molecular weight excluding hydrogens is 290 g/mol. The molecule has 0 aliphatic rings. The van der Waals surface area contributed by atoms with Crippen LogP contribution in [0.4, 0.5) is 0 Å². The third-order valence-corrected chi connectivity index (χ3v) is 3.00. The Morgan fingerprint density at radius 2 is 2.44 bits per heavy atom. The van der Waals surface area contributed by atoms with Crippen LogP contribution >= 0.6 is 28.1 Å². The van der Waals surface area contributed by atoms with Crippen LogP contribution in [0.15, 0.2) is 16.7 Å². The molecule has 0 aliphatic carbocycles. The molecule has 0 spiro atoms. The molecule has 0 fully saturated rings. The minimum Gasteiger partial charge on any atom is -0.380 e. The second-order valence-corrected chi connectivity index (χ2v) is 4.61. The lowest BCUT2D eigenvalue weighted by Gasteiger charge is -2.03. The maximum atomic E-state index is 5.32. The average Bonchev–Trinajstić information content (AvgIpc) is 2.55. The van der Waals surface area contributed by atoms with Gasteiger partial charge in [-0.2, -0.15) is 0 Å². The van der Waals surface area contributed by atoms with Crippen molar-refractivity contribution in [2.75, 3.05) is 13.2 Å². The Kier molecular flexibility index (Phi) is 3.73. The monoisotopic (exact) mass is 301 g/mol. The number of pyridine rings is 1. The van der Waals surface area contributed by atoms with E-state index >= 15 is 0 Å². The fourth-order valence-corrected chi connectivity index (χ4v) is 2.14. The number of ether oxygens (including phenoxy) is 1. The third kappa shape index (κ3) is 2.34. The van der Waals surface area contributed by atoms with Crippen LogP contribution in [0.25, 0.3) is 11.2 Å². The van der Waals surface area contributed by atoms with Crippen LogP contribution in [0, 0.1) is 4.77 Å². The molecule has 2 aromatic rings. The van der Waals surface area contributed by atoms with Gasteiger partial charge in [0.1, 0.15) is 0 Å². The molecular formula is C10H12BrN3OS. The minimum atomic E-state index is 0.648. The van der Waals surface area contributed by atoms with Gasteiger partial charge < -0.3 is 9.72 Å². The summed E-state index contributed by atoms with van der Waals surface area (Å²) in [5.74, 6) is 0. The molecule has 0 amide bonds. The first kappa shape index (κ1) is 11.8. The van der Waals surface area contributed by atoms with Crippen LogP contribution in [0.2, 0.25) is 0 Å². The van der Waals surface area contributed by atoms with E-state index in [4.69, 9.17) is 17.0 Å². The lowest BCUT2D eigenvalue weighted by atomic mass is 10.4. The first-order valence-corrected chi connectivity index (χ1v) is 6.24. The summed E-state index contributed by atoms with van der Waals surface area (Å²) >= 11 is 8.62. The van der Waals surface area contributed by atoms with Crippen LogP contribution in [-0.2, 0) is 11.3 Å². The maximum absolute atomic E-state index is 5.32. The summed E-state index contributed by atoms with van der Waals surface area (Å²) in [5, 5.41) is 0. The standard InChI is InChI=1S/C10H12BrN3OS/c1-2-15-4-3-14-9-8(13-10(14)16)5-7(11)6-12-9/h5-6H,2-4H2,1H3,(H,13,16). The summed E-state index contributed by atoms with van der Waals surface area (Å²) in [6.07, 6.45) is 1.77. The number of aromatic nitrogens is 3. The van der Waals surface area contributed by atoms with Crippen molar-refractivity contribution in [3.05, 3.63) is 21.5 Å². The number of hydrogen-bond donors (Lipinski definition) is 1. The van der Waals surface area contributed by atoms with Crippen LogP contribution in [0.5, 0.6) is 0 Å². The highest BCUT2D eigenvalue weighted by molar-refractivity contribution is 9.10. The zero-order valence-corrected chi connectivity index (χ0v) is 11.3. The maximum Gasteiger partial charge on any atom is 0.179 e. The van der Waals surface area contributed by atoms with Gasteiger partial charge in [0.05, 0.1) is 18.7 Å². The van der Waals surface area contributed by atoms with Crippen molar-refractivity contribution in [2.45, 2.75) is 13.5 Å². The molecule has 86 valence electrons. The number of imidazole rings is 1. The van der Waals surface area contributed by atoms with Gasteiger partial charge in [0.25, 0.3) is 0 Å². The highest BCUT2D eigenvalue weighted by Gasteiger charge is 2.05. The summed E-state index contributed by atoms with van der Waals surface area (Å²) < 4.78 is 8.89. The molecule has 2 aromatic heterocycles. The zero-order valence-electron chi connectivity index (χ0n) is 8.86. The smallest absolute Gasteiger partial charge is 0.179 e. The lowest BCUT2D eigenvalue weighted by molar-refractivity contribution is 0.139. The first-order valence-electron chi connectivity index (χ1n) is 5.04. The molecule has 0 radical (unpaired) electrons. The number of nitrogens with zero attached hydrogens (tertiary/aromatic N) is 2. The van der Waals surface area contributed by atoms with Gasteiger partial charge in [-0.05, 0) is 41.1 Å². The Bertz CT molecular complexity index is 548. The summed E-state index contributed by atoms with van der Waals surface area (Å²) in [6.45, 7) is 4.06. The summed E-state index contributed by atoms with van der Waals surface area (Å²) in [7, 11) is 0. The molecule has 0 bridgehead atoms. The molecule has 1 N–H and O–H groups in total. The van der Waals surface area contributed by atoms with Crippen molar-refractivity contribution in [1.29, 1.82) is 0 Å². The van der Waals surface area contributed by atoms with Crippen LogP contribution in [-0.4, -0.2) is 27.7 Å². The number of nitrogens with one attached hydrogen (secondary N) is 1. The highest BCUT2D eigenvalue weighted by Crippen LogP contribution is 2.16. The normalized spacial score (nSPS) is 11.1. The number of hydrogen-bond acceptors (Lipinski definition) is 3. The Labute approximate surface area is 107 Å². The van der Waals surface area contributed by atoms with Gasteiger partial charge >= 0.3 is 0 Å². The molecule has 6 heteroatoms. The molecule has 2 heterocycles. The van der Waals surface area contributed by atoms with E-state index in [1.54, 1.807) is 6.20 Å². The van der Waals surface area contributed by atoms with Gasteiger partial charge in [-0.15, -0.1) is 0 Å². The van der Waals surface area contributed by atoms with Crippen molar-refractivity contribution in [3.8, 4) is 0 Å². The molecule has 0 saturated carbocycles. The first-order chi connectivity index (χ1) is 7.72. The van der Waals surface area contributed by atoms with Crippen molar-refractivity contribution in [1.82, 2.24) is 14.5 Å². The number of aromatic amines is 1. The van der Waals surface area contributed by atoms with Gasteiger partial charge in [0.2, 0.25) is 0 Å². The van der Waals surface area contributed by atoms with E-state index < -0.39 is 0 Å². The van der Waals surface area contributed by atoms with Crippen molar-refractivity contribution >= 4 is 39.3 Å². The minimum absolute atomic E-state index is 0.648. The van der Waals surface area contributed by atoms with Gasteiger partial charge in [-0.25, -0.2) is 4.98 Å².